The van der Waals surface area contributed by atoms with Gasteiger partial charge in [0.1, 0.15) is 17.2 Å². The van der Waals surface area contributed by atoms with Crippen LogP contribution >= 0.6 is 0 Å². The molecular weight excluding hydrogens is 950 g/mol. The van der Waals surface area contributed by atoms with Crippen LogP contribution in [0.2, 0.25) is 0 Å². The summed E-state index contributed by atoms with van der Waals surface area (Å²) < 4.78 is 17.2. The number of anilines is 4. The molecular formula is C58H68FN11O5. The fourth-order valence-electron chi connectivity index (χ4n) is 13.5. The second-order valence-electron chi connectivity index (χ2n) is 22.6. The molecule has 5 amide bonds. The second-order valence-corrected chi connectivity index (χ2v) is 22.6. The molecule has 9 heterocycles. The Bertz CT molecular complexity index is 3010. The van der Waals surface area contributed by atoms with Gasteiger partial charge in [0.25, 0.3) is 0 Å². The van der Waals surface area contributed by atoms with Crippen LogP contribution in [-0.2, 0) is 29.4 Å². The van der Waals surface area contributed by atoms with Gasteiger partial charge in [-0.3, -0.25) is 29.3 Å². The molecule has 6 fully saturated rings. The van der Waals surface area contributed by atoms with Crippen LogP contribution in [0.25, 0.3) is 22.3 Å². The number of likely N-dealkylation sites (tertiary alicyclic amines) is 3. The summed E-state index contributed by atoms with van der Waals surface area (Å²) >= 11 is 0. The Balaban J connectivity index is 0.712. The van der Waals surface area contributed by atoms with Gasteiger partial charge in [-0.25, -0.2) is 19.3 Å². The second kappa shape index (κ2) is 20.1. The van der Waals surface area contributed by atoms with Gasteiger partial charge >= 0.3 is 0 Å². The molecule has 5 aromatic rings. The van der Waals surface area contributed by atoms with E-state index in [1.807, 2.05) is 32.6 Å². The summed E-state index contributed by atoms with van der Waals surface area (Å²) in [6, 6.07) is 19.4. The number of carbonyl (C=O) groups is 5. The highest BCUT2D eigenvalue weighted by molar-refractivity contribution is 6.09. The Morgan fingerprint density at radius 2 is 1.48 bits per heavy atom. The van der Waals surface area contributed by atoms with E-state index in [0.717, 1.165) is 78.0 Å². The van der Waals surface area contributed by atoms with Crippen molar-refractivity contribution in [2.75, 3.05) is 67.5 Å². The molecule has 5 saturated heterocycles. The number of hydrogen-bond acceptors (Lipinski definition) is 11. The maximum absolute atomic E-state index is 15.3. The Labute approximate surface area is 437 Å². The van der Waals surface area contributed by atoms with Crippen LogP contribution in [-0.4, -0.2) is 128 Å². The lowest BCUT2D eigenvalue weighted by Crippen LogP contribution is -2.58. The number of benzene rings is 2. The zero-order valence-electron chi connectivity index (χ0n) is 43.2. The van der Waals surface area contributed by atoms with Crippen LogP contribution in [0.3, 0.4) is 0 Å². The summed E-state index contributed by atoms with van der Waals surface area (Å²) in [6.07, 6.45) is 13.7. The lowest BCUT2D eigenvalue weighted by Gasteiger charge is -2.48. The van der Waals surface area contributed by atoms with E-state index in [4.69, 9.17) is 9.97 Å². The fourth-order valence-corrected chi connectivity index (χ4v) is 13.5. The fraction of sp³-hybridized carbons (Fsp3) is 0.517. The van der Waals surface area contributed by atoms with Crippen LogP contribution in [0.4, 0.5) is 27.4 Å². The Hall–Kier alpha value is -6.75. The first-order valence-electron chi connectivity index (χ1n) is 27.7. The van der Waals surface area contributed by atoms with Gasteiger partial charge in [0.05, 0.1) is 34.6 Å². The molecule has 7 aliphatic rings. The quantitative estimate of drug-likeness (QED) is 0.131. The van der Waals surface area contributed by atoms with E-state index in [1.165, 1.54) is 25.3 Å². The zero-order valence-corrected chi connectivity index (χ0v) is 43.2. The van der Waals surface area contributed by atoms with Gasteiger partial charge in [-0.2, -0.15) is 0 Å². The predicted molar refractivity (Wildman–Crippen MR) is 284 cm³/mol. The van der Waals surface area contributed by atoms with Crippen molar-refractivity contribution in [1.82, 2.24) is 39.5 Å². The molecule has 16 nitrogen and oxygen atoms in total. The van der Waals surface area contributed by atoms with Crippen molar-refractivity contribution >= 4 is 63.6 Å². The number of halogens is 1. The monoisotopic (exact) mass is 1020 g/mol. The molecule has 17 heteroatoms. The van der Waals surface area contributed by atoms with Crippen molar-refractivity contribution < 1.29 is 28.4 Å². The average molecular weight is 1020 g/mol. The van der Waals surface area contributed by atoms with Crippen LogP contribution in [0.15, 0.2) is 73.2 Å². The van der Waals surface area contributed by atoms with Crippen molar-refractivity contribution in [3.8, 4) is 11.3 Å². The van der Waals surface area contributed by atoms with Gasteiger partial charge in [0, 0.05) is 93.1 Å². The molecule has 1 aliphatic carbocycles. The van der Waals surface area contributed by atoms with Gasteiger partial charge in [-0.1, -0.05) is 36.8 Å². The summed E-state index contributed by atoms with van der Waals surface area (Å²) in [5, 5.41) is 5.71. The van der Waals surface area contributed by atoms with E-state index in [9.17, 15) is 19.2 Å². The molecule has 6 aliphatic heterocycles. The number of aromatic nitrogens is 4. The van der Waals surface area contributed by atoms with Crippen LogP contribution in [0.1, 0.15) is 120 Å². The van der Waals surface area contributed by atoms with E-state index in [2.05, 4.69) is 62.4 Å². The first-order chi connectivity index (χ1) is 36.4. The molecule has 2 aromatic carbocycles. The Morgan fingerprint density at radius 3 is 2.16 bits per heavy atom. The number of rotatable bonds is 10. The first kappa shape index (κ1) is 49.1. The highest BCUT2D eigenvalue weighted by Crippen LogP contribution is 2.52. The highest BCUT2D eigenvalue weighted by atomic mass is 19.1. The molecule has 12 rings (SSSR count). The largest absolute Gasteiger partial charge is 0.357 e. The number of nitrogens with one attached hydrogen (secondary N) is 2. The molecule has 2 N–H and O–H groups in total. The van der Waals surface area contributed by atoms with Crippen molar-refractivity contribution in [3.05, 3.63) is 90.1 Å². The van der Waals surface area contributed by atoms with E-state index < -0.39 is 5.41 Å². The van der Waals surface area contributed by atoms with Gasteiger partial charge in [0.15, 0.2) is 5.82 Å². The van der Waals surface area contributed by atoms with Crippen molar-refractivity contribution in [3.63, 3.8) is 0 Å². The minimum absolute atomic E-state index is 0.0799. The number of pyridine rings is 2. The van der Waals surface area contributed by atoms with Crippen LogP contribution < -0.4 is 20.4 Å². The molecule has 1 spiro atoms. The van der Waals surface area contributed by atoms with Gasteiger partial charge < -0.3 is 34.4 Å². The number of amides is 5. The van der Waals surface area contributed by atoms with E-state index in [0.29, 0.717) is 101 Å². The van der Waals surface area contributed by atoms with Crippen LogP contribution in [0.5, 0.6) is 0 Å². The van der Waals surface area contributed by atoms with Gasteiger partial charge in [0.2, 0.25) is 29.5 Å². The smallest absolute Gasteiger partial charge is 0.238 e. The van der Waals surface area contributed by atoms with Crippen LogP contribution in [0, 0.1) is 17.7 Å². The first-order valence-corrected chi connectivity index (χ1v) is 27.7. The summed E-state index contributed by atoms with van der Waals surface area (Å²) in [7, 11) is 0. The molecule has 1 atom stereocenters. The molecule has 75 heavy (non-hydrogen) atoms. The molecule has 0 radical (unpaired) electrons. The number of nitrogens with zero attached hydrogens (tertiary/aromatic N) is 9. The molecule has 3 aromatic heterocycles. The highest BCUT2D eigenvalue weighted by Gasteiger charge is 2.56. The Morgan fingerprint density at radius 1 is 0.773 bits per heavy atom. The summed E-state index contributed by atoms with van der Waals surface area (Å²) in [4.78, 5) is 92.9. The minimum atomic E-state index is -0.744. The number of piperidine rings is 5. The summed E-state index contributed by atoms with van der Waals surface area (Å²) in [5.41, 5.74) is 5.38. The number of para-hydroxylation sites is 1. The maximum atomic E-state index is 15.3. The number of imide groups is 1. The topological polar surface area (TPSA) is 169 Å². The van der Waals surface area contributed by atoms with Gasteiger partial charge in [-0.15, -0.1) is 0 Å². The lowest BCUT2D eigenvalue weighted by molar-refractivity contribution is -0.144. The third kappa shape index (κ3) is 9.11. The van der Waals surface area contributed by atoms with Crippen molar-refractivity contribution in [2.45, 2.75) is 127 Å². The maximum Gasteiger partial charge on any atom is 0.238 e. The number of carbonyl (C=O) groups excluding carboxylic acids is 5. The average Bonchev–Trinajstić information content (AvgIpc) is 3.96. The molecule has 1 saturated carbocycles. The molecule has 0 bridgehead atoms. The lowest BCUT2D eigenvalue weighted by atomic mass is 9.73. The predicted octanol–water partition coefficient (Wildman–Crippen LogP) is 7.86. The third-order valence-corrected chi connectivity index (χ3v) is 18.0. The SMILES string of the molecule is CC(C)n1cnc2cc(-c3ccc4c(c3)N(C3CC(N5CCCCC5)C3)C(=O)C43CCN(C(=O)C4CCN(C(=O)C5CCN(c6ccc([C@H]7CCC(=O)NC7=O)cn6)CC5)CC4)CC3)nc(Nc3ccccc3F)c21. The van der Waals surface area contributed by atoms with Gasteiger partial charge in [-0.05, 0) is 139 Å². The molecule has 392 valence electrons. The zero-order chi connectivity index (χ0) is 51.5. The molecule has 0 unspecified atom stereocenters. The normalized spacial score (nSPS) is 23.7. The summed E-state index contributed by atoms with van der Waals surface area (Å²) in [5.74, 6) is 0.247. The Kier molecular flexibility index (Phi) is 13.2. The van der Waals surface area contributed by atoms with Crippen molar-refractivity contribution in [1.29, 1.82) is 0 Å². The van der Waals surface area contributed by atoms with E-state index >= 15 is 9.18 Å². The number of fused-ring (bicyclic) bond motifs is 3. The minimum Gasteiger partial charge on any atom is -0.357 e. The standard InChI is InChI=1S/C58H68FN11O5/c1-36(2)69-35-61-48-33-47(63-53(52(48)69)62-46-9-5-4-8-45(46)59)39-10-13-44-49(30-39)70(42-31-41(32-42)65-22-6-3-7-23-65)57(75)58(44)20-28-68(29-21-58)56(74)38-18-26-67(27-19-38)55(73)37-16-24-66(25-17-37)50-14-11-40(34-60-50)43-12-15-51(71)64-54(43)72/h4-5,8-11,13-14,30,33-38,41-43H,3,6-7,12,15-29,31-32H2,1-2H3,(H,62,63)(H,64,71,72)/t41?,42?,43-/m1/s1. The summed E-state index contributed by atoms with van der Waals surface area (Å²) in [6.45, 7) is 9.90. The van der Waals surface area contributed by atoms with Crippen molar-refractivity contribution in [2.24, 2.45) is 11.8 Å². The third-order valence-electron chi connectivity index (χ3n) is 18.0. The van der Waals surface area contributed by atoms with E-state index in [-0.39, 0.29) is 65.2 Å². The number of imidazole rings is 1. The number of hydrogen-bond donors (Lipinski definition) is 2. The van der Waals surface area contributed by atoms with E-state index in [1.54, 1.807) is 30.7 Å².